The minimum absolute atomic E-state index is 0.232. The number of carbonyl (C=O) groups excluding carboxylic acids is 1. The molecule has 1 nitrogen and oxygen atoms in total. The number of Topliss-reactive ketones (excluding diaryl/α,β-unsaturated/α-hetero) is 1. The Morgan fingerprint density at radius 2 is 1.39 bits per heavy atom. The molecule has 0 aromatic carbocycles. The summed E-state index contributed by atoms with van der Waals surface area (Å²) in [5.41, 5.74) is 0. The van der Waals surface area contributed by atoms with Gasteiger partial charge in [0.25, 0.3) is 3.79 Å². The lowest BCUT2D eigenvalue weighted by molar-refractivity contribution is -0.119. The van der Waals surface area contributed by atoms with Gasteiger partial charge in [0.2, 0.25) is 10.1 Å². The molecule has 0 aromatic rings. The van der Waals surface area contributed by atoms with Gasteiger partial charge in [0.15, 0.2) is 4.33 Å². The molecule has 0 aromatic heterocycles. The maximum atomic E-state index is 11.8. The fourth-order valence-corrected chi connectivity index (χ4v) is 2.90. The molecule has 0 bridgehead atoms. The number of carbonyl (C=O) groups is 1. The van der Waals surface area contributed by atoms with Crippen molar-refractivity contribution in [2.24, 2.45) is 0 Å². The number of alkyl halides is 7. The normalized spacial score (nSPS) is 13.8. The number of hydrogen-bond acceptors (Lipinski definition) is 1. The first-order valence-electron chi connectivity index (χ1n) is 5.34. The first kappa shape index (κ1) is 19.7. The van der Waals surface area contributed by atoms with Crippen LogP contribution in [0.2, 0.25) is 0 Å². The van der Waals surface area contributed by atoms with Crippen LogP contribution < -0.4 is 0 Å². The van der Waals surface area contributed by atoms with Crippen molar-refractivity contribution in [3.63, 3.8) is 0 Å². The molecule has 0 aliphatic heterocycles. The molecule has 0 heterocycles. The predicted octanol–water partition coefficient (Wildman–Crippen LogP) is 6.24. The standard InChI is InChI=1S/C10H13Cl7O/c1-2-3-4-5-6-8(11,12)9(13,14)7(18)10(15,16)17/h2-6H2,1H3. The minimum atomic E-state index is -2.26. The van der Waals surface area contributed by atoms with Crippen LogP contribution in [0.25, 0.3) is 0 Å². The van der Waals surface area contributed by atoms with E-state index in [4.69, 9.17) is 81.2 Å². The van der Waals surface area contributed by atoms with E-state index >= 15 is 0 Å². The Morgan fingerprint density at radius 3 is 1.78 bits per heavy atom. The van der Waals surface area contributed by atoms with Crippen LogP contribution in [-0.4, -0.2) is 18.2 Å². The van der Waals surface area contributed by atoms with Gasteiger partial charge < -0.3 is 0 Å². The maximum absolute atomic E-state index is 11.8. The van der Waals surface area contributed by atoms with E-state index < -0.39 is 18.2 Å². The Hall–Kier alpha value is 1.70. The lowest BCUT2D eigenvalue weighted by atomic mass is 10.1. The molecule has 0 unspecified atom stereocenters. The number of unbranched alkanes of at least 4 members (excludes halogenated alkanes) is 3. The van der Waals surface area contributed by atoms with Gasteiger partial charge in [0.1, 0.15) is 0 Å². The Bertz CT molecular complexity index is 282. The van der Waals surface area contributed by atoms with E-state index in [0.717, 1.165) is 19.3 Å². The molecule has 0 amide bonds. The quantitative estimate of drug-likeness (QED) is 0.367. The zero-order valence-electron chi connectivity index (χ0n) is 9.59. The van der Waals surface area contributed by atoms with Crippen LogP contribution in [0.15, 0.2) is 0 Å². The van der Waals surface area contributed by atoms with Crippen LogP contribution in [-0.2, 0) is 4.79 Å². The van der Waals surface area contributed by atoms with Crippen molar-refractivity contribution in [2.75, 3.05) is 0 Å². The van der Waals surface area contributed by atoms with Crippen LogP contribution in [0.5, 0.6) is 0 Å². The number of hydrogen-bond donors (Lipinski definition) is 0. The van der Waals surface area contributed by atoms with E-state index in [9.17, 15) is 4.79 Å². The van der Waals surface area contributed by atoms with Crippen molar-refractivity contribution in [3.05, 3.63) is 0 Å². The van der Waals surface area contributed by atoms with Crippen molar-refractivity contribution >= 4 is 87.0 Å². The molecule has 18 heavy (non-hydrogen) atoms. The summed E-state index contributed by atoms with van der Waals surface area (Å²) in [5.74, 6) is -1.05. The highest BCUT2D eigenvalue weighted by Gasteiger charge is 2.57. The first-order valence-corrected chi connectivity index (χ1v) is 7.98. The Balaban J connectivity index is 4.70. The summed E-state index contributed by atoms with van der Waals surface area (Å²) < 4.78 is -6.14. The molecule has 0 rings (SSSR count). The molecular weight excluding hydrogens is 384 g/mol. The highest BCUT2D eigenvalue weighted by molar-refractivity contribution is 6.82. The molecule has 0 radical (unpaired) electrons. The SMILES string of the molecule is CCCCCCC(Cl)(Cl)C(Cl)(Cl)C(=O)C(Cl)(Cl)Cl. The van der Waals surface area contributed by atoms with Gasteiger partial charge in [-0.1, -0.05) is 114 Å². The summed E-state index contributed by atoms with van der Waals surface area (Å²) in [6.45, 7) is 2.06. The van der Waals surface area contributed by atoms with Crippen LogP contribution in [0, 0.1) is 0 Å². The van der Waals surface area contributed by atoms with E-state index in [1.54, 1.807) is 0 Å². The summed E-state index contributed by atoms with van der Waals surface area (Å²) in [6, 6.07) is 0. The molecule has 0 N–H and O–H groups in total. The zero-order valence-corrected chi connectivity index (χ0v) is 14.9. The van der Waals surface area contributed by atoms with Crippen molar-refractivity contribution < 1.29 is 4.79 Å². The van der Waals surface area contributed by atoms with Gasteiger partial charge in [-0.3, -0.25) is 4.79 Å². The third-order valence-electron chi connectivity index (χ3n) is 2.35. The monoisotopic (exact) mass is 394 g/mol. The van der Waals surface area contributed by atoms with Crippen molar-refractivity contribution in [2.45, 2.75) is 51.5 Å². The lowest BCUT2D eigenvalue weighted by Crippen LogP contribution is -2.48. The van der Waals surface area contributed by atoms with Crippen molar-refractivity contribution in [1.29, 1.82) is 0 Å². The molecule has 0 saturated heterocycles. The molecule has 108 valence electrons. The Morgan fingerprint density at radius 1 is 0.889 bits per heavy atom. The van der Waals surface area contributed by atoms with Crippen LogP contribution >= 0.6 is 81.2 Å². The van der Waals surface area contributed by atoms with Gasteiger partial charge in [0.05, 0.1) is 0 Å². The van der Waals surface area contributed by atoms with E-state index in [1.807, 2.05) is 0 Å². The topological polar surface area (TPSA) is 17.1 Å². The van der Waals surface area contributed by atoms with Crippen molar-refractivity contribution in [1.82, 2.24) is 0 Å². The number of halogens is 7. The first-order chi connectivity index (χ1) is 7.97. The lowest BCUT2D eigenvalue weighted by Gasteiger charge is -2.33. The highest BCUT2D eigenvalue weighted by atomic mass is 35.6. The Labute approximate surface area is 142 Å². The van der Waals surface area contributed by atoms with E-state index in [0.29, 0.717) is 6.42 Å². The third-order valence-corrected chi connectivity index (χ3v) is 5.18. The van der Waals surface area contributed by atoms with Crippen molar-refractivity contribution in [3.8, 4) is 0 Å². The van der Waals surface area contributed by atoms with Crippen LogP contribution in [0.1, 0.15) is 39.0 Å². The molecule has 0 spiro atoms. The predicted molar refractivity (Wildman–Crippen MR) is 82.9 cm³/mol. The maximum Gasteiger partial charge on any atom is 0.252 e. The molecule has 0 aliphatic rings. The number of rotatable bonds is 7. The zero-order chi connectivity index (χ0) is 14.6. The molecule has 8 heteroatoms. The average molecular weight is 397 g/mol. The minimum Gasteiger partial charge on any atom is -0.291 e. The summed E-state index contributed by atoms with van der Waals surface area (Å²) in [5, 5.41) is 0. The smallest absolute Gasteiger partial charge is 0.252 e. The van der Waals surface area contributed by atoms with Crippen LogP contribution in [0.4, 0.5) is 0 Å². The van der Waals surface area contributed by atoms with E-state index in [-0.39, 0.29) is 6.42 Å². The largest absolute Gasteiger partial charge is 0.291 e. The fraction of sp³-hybridized carbons (Fsp3) is 0.900. The summed E-state index contributed by atoms with van der Waals surface area (Å²) >= 11 is 40.1. The van der Waals surface area contributed by atoms with E-state index in [1.165, 1.54) is 0 Å². The summed E-state index contributed by atoms with van der Waals surface area (Å²) in [4.78, 5) is 11.8. The second-order valence-electron chi connectivity index (χ2n) is 3.92. The second kappa shape index (κ2) is 7.64. The number of ketones is 1. The van der Waals surface area contributed by atoms with Crippen LogP contribution in [0.3, 0.4) is 0 Å². The average Bonchev–Trinajstić information content (AvgIpc) is 2.21. The Kier molecular flexibility index (Phi) is 8.36. The fourth-order valence-electron chi connectivity index (χ4n) is 1.27. The summed E-state index contributed by atoms with van der Waals surface area (Å²) in [6.07, 6.45) is 3.89. The molecule has 0 fully saturated rings. The van der Waals surface area contributed by atoms with Gasteiger partial charge in [-0.05, 0) is 6.42 Å². The molecular formula is C10H13Cl7O. The molecule has 0 atom stereocenters. The molecule has 0 saturated carbocycles. The van der Waals surface area contributed by atoms with Gasteiger partial charge in [-0.25, -0.2) is 0 Å². The van der Waals surface area contributed by atoms with Gasteiger partial charge in [0, 0.05) is 0 Å². The van der Waals surface area contributed by atoms with Gasteiger partial charge in [-0.2, -0.15) is 0 Å². The third kappa shape index (κ3) is 5.60. The second-order valence-corrected chi connectivity index (χ2v) is 9.01. The van der Waals surface area contributed by atoms with Gasteiger partial charge in [-0.15, -0.1) is 0 Å². The van der Waals surface area contributed by atoms with Gasteiger partial charge >= 0.3 is 0 Å². The van der Waals surface area contributed by atoms with E-state index in [2.05, 4.69) is 6.92 Å². The highest BCUT2D eigenvalue weighted by Crippen LogP contribution is 2.50. The molecule has 0 aliphatic carbocycles. The summed E-state index contributed by atoms with van der Waals surface area (Å²) in [7, 11) is 0.